The lowest BCUT2D eigenvalue weighted by atomic mass is 10.0. The summed E-state index contributed by atoms with van der Waals surface area (Å²) in [7, 11) is -5.53. The number of carbonyl (C=O) groups excluding carboxylic acids is 15. The Balaban J connectivity index is 1.42. The molecule has 0 bridgehead atoms. The lowest BCUT2D eigenvalue weighted by Gasteiger charge is -2.33. The Bertz CT molecular complexity index is 3480. The van der Waals surface area contributed by atoms with Crippen molar-refractivity contribution >= 4 is 132 Å². The van der Waals surface area contributed by atoms with Gasteiger partial charge >= 0.3 is 37.7 Å². The molecule has 0 spiro atoms. The molecular weight excluding hydrogens is 1520 g/mol. The zero-order chi connectivity index (χ0) is 83.3. The van der Waals surface area contributed by atoms with E-state index in [-0.39, 0.29) is 86.8 Å². The number of nitrogens with one attached hydrogen (secondary N) is 13. The van der Waals surface area contributed by atoms with Crippen LogP contribution in [0.2, 0.25) is 0 Å². The lowest BCUT2D eigenvalue weighted by Crippen LogP contribution is -2.62. The summed E-state index contributed by atoms with van der Waals surface area (Å²) >= 11 is 1.75. The molecular formula is C65H103N16O28PS. The second kappa shape index (κ2) is 44.9. The normalized spacial score (nSPS) is 19.9. The molecule has 0 aromatic heterocycles. The number of aliphatic hydroxyl groups excluding tert-OH is 1. The van der Waals surface area contributed by atoms with E-state index >= 15 is 0 Å². The molecule has 4 heterocycles. The number of carbonyl (C=O) groups is 19. The van der Waals surface area contributed by atoms with Crippen LogP contribution in [0.25, 0.3) is 0 Å². The third kappa shape index (κ3) is 31.4. The molecule has 46 heteroatoms. The number of thioether (sulfide) groups is 1. The van der Waals surface area contributed by atoms with E-state index in [2.05, 4.69) is 69.1 Å². The maximum atomic E-state index is 14.6. The van der Waals surface area contributed by atoms with Gasteiger partial charge < -0.3 is 120 Å². The fourth-order valence-corrected chi connectivity index (χ4v) is 14.6. The van der Waals surface area contributed by atoms with Gasteiger partial charge in [0.1, 0.15) is 66.5 Å². The summed E-state index contributed by atoms with van der Waals surface area (Å²) in [5.41, 5.74) is 5.28. The van der Waals surface area contributed by atoms with Crippen LogP contribution >= 0.6 is 19.6 Å². The number of likely N-dealkylation sites (tertiary alicyclic amines) is 2. The highest BCUT2D eigenvalue weighted by atomic mass is 32.2. The topological polar surface area (TPSA) is 681 Å². The Kier molecular flexibility index (Phi) is 37.8. The second-order valence-corrected chi connectivity index (χ2v) is 30.4. The zero-order valence-electron chi connectivity index (χ0n) is 62.1. The number of rotatable bonds is 48. The highest BCUT2D eigenvalue weighted by Crippen LogP contribution is 2.39. The van der Waals surface area contributed by atoms with Crippen molar-refractivity contribution in [3.8, 4) is 0 Å². The van der Waals surface area contributed by atoms with Crippen molar-refractivity contribution in [2.45, 2.75) is 241 Å². The van der Waals surface area contributed by atoms with Gasteiger partial charge in [0.15, 0.2) is 0 Å². The number of carboxylic acid groups (broad SMARTS) is 4. The minimum absolute atomic E-state index is 0.00532. The fraction of sp³-hybridized carbons (Fsp3) is 0.708. The number of primary amides is 1. The van der Waals surface area contributed by atoms with E-state index < -0.39 is 258 Å². The van der Waals surface area contributed by atoms with Crippen molar-refractivity contribution < 1.29 is 136 Å². The van der Waals surface area contributed by atoms with Crippen LogP contribution in [0.3, 0.4) is 0 Å². The Morgan fingerprint density at radius 1 is 0.532 bits per heavy atom. The van der Waals surface area contributed by atoms with Crippen LogP contribution in [0.1, 0.15) is 151 Å². The van der Waals surface area contributed by atoms with E-state index in [1.807, 2.05) is 0 Å². The summed E-state index contributed by atoms with van der Waals surface area (Å²) in [5.74, 6) is -20.5. The average Bonchev–Trinajstić information content (AvgIpc) is 1.74. The van der Waals surface area contributed by atoms with Crippen LogP contribution in [-0.2, 0) is 95.4 Å². The molecule has 16 amide bonds. The Morgan fingerprint density at radius 3 is 1.49 bits per heavy atom. The number of unbranched alkanes of at least 4 members (excludes halogenated alkanes) is 1. The summed E-state index contributed by atoms with van der Waals surface area (Å²) in [6, 6.07) is -18.7. The Labute approximate surface area is 640 Å². The Hall–Kier alpha value is -9.85. The number of urea groups is 1. The number of amides is 16. The molecule has 0 radical (unpaired) electrons. The van der Waals surface area contributed by atoms with Gasteiger partial charge in [0, 0.05) is 56.2 Å². The van der Waals surface area contributed by atoms with Crippen LogP contribution in [0, 0.1) is 11.8 Å². The minimum Gasteiger partial charge on any atom is -0.481 e. The first-order chi connectivity index (χ1) is 52.0. The van der Waals surface area contributed by atoms with Crippen molar-refractivity contribution in [2.75, 3.05) is 38.5 Å². The van der Waals surface area contributed by atoms with E-state index in [0.717, 1.165) is 30.9 Å². The summed E-state index contributed by atoms with van der Waals surface area (Å²) in [4.78, 5) is 270. The van der Waals surface area contributed by atoms with E-state index in [1.54, 1.807) is 25.6 Å². The van der Waals surface area contributed by atoms with Crippen molar-refractivity contribution in [2.24, 2.45) is 17.6 Å². The number of nitrogens with two attached hydrogens (primary N) is 1. The maximum absolute atomic E-state index is 14.6. The van der Waals surface area contributed by atoms with Gasteiger partial charge in [-0.05, 0) is 96.3 Å². The SMILES string of the molecule is CC(C)C[C@H](NC(=O)CNC(=O)CNC(=O)CCCC[C@@H]1SC[C@@H]2NC(=O)N[C@@H]21)C(=O)N1CCC[C@H]1C(=O)N[C@@H](CCC(=O)O)C(=O)N[C@H](C(=O)N[C@@H](C)C(=O)N[C@H](C(=O)N1CCC[C@H]1C(=O)N[C@@H](CCC(=O)O)C(=O)N[C@@H](CO)C(=O)N[C@@H](CCC(=O)O)C(=O)N[C@@H](CCC(=O)O)C(N)=O)[C@@H](C)OP(=O)(O)O)C(C)C. The molecule has 0 aromatic rings. The van der Waals surface area contributed by atoms with Crippen molar-refractivity contribution in [3.05, 3.63) is 0 Å². The smallest absolute Gasteiger partial charge is 0.469 e. The summed E-state index contributed by atoms with van der Waals surface area (Å²) < 4.78 is 17.0. The quantitative estimate of drug-likeness (QED) is 0.0153. The number of phosphoric ester groups is 1. The first kappa shape index (κ1) is 93.5. The number of hydrogen-bond donors (Lipinski definition) is 21. The number of carboxylic acids is 4. The van der Waals surface area contributed by atoms with E-state index in [0.29, 0.717) is 12.8 Å². The van der Waals surface area contributed by atoms with E-state index in [4.69, 9.17) is 15.4 Å². The highest BCUT2D eigenvalue weighted by molar-refractivity contribution is 8.00. The van der Waals surface area contributed by atoms with Gasteiger partial charge in [-0.15, -0.1) is 0 Å². The first-order valence-corrected chi connectivity index (χ1v) is 38.6. The second-order valence-electron chi connectivity index (χ2n) is 27.9. The van der Waals surface area contributed by atoms with Crippen LogP contribution in [0.4, 0.5) is 4.79 Å². The molecule has 22 N–H and O–H groups in total. The molecule has 111 heavy (non-hydrogen) atoms. The number of aliphatic hydroxyl groups is 1. The molecule has 4 fully saturated rings. The number of phosphoric acid groups is 1. The lowest BCUT2D eigenvalue weighted by molar-refractivity contribution is -0.144. The van der Waals surface area contributed by atoms with Gasteiger partial charge in [0.05, 0.1) is 37.9 Å². The van der Waals surface area contributed by atoms with Gasteiger partial charge in [-0.1, -0.05) is 34.1 Å². The summed E-state index contributed by atoms with van der Waals surface area (Å²) in [6.45, 7) is 5.84. The first-order valence-electron chi connectivity index (χ1n) is 36.1. The van der Waals surface area contributed by atoms with Crippen LogP contribution in [-0.4, -0.2) is 286 Å². The highest BCUT2D eigenvalue weighted by Gasteiger charge is 2.46. The molecule has 0 aromatic carbocycles. The predicted octanol–water partition coefficient (Wildman–Crippen LogP) is -6.55. The predicted molar refractivity (Wildman–Crippen MR) is 383 cm³/mol. The summed E-state index contributed by atoms with van der Waals surface area (Å²) in [5, 5.41) is 79.4. The molecule has 622 valence electrons. The number of nitrogens with zero attached hydrogens (tertiary/aromatic N) is 2. The largest absolute Gasteiger partial charge is 0.481 e. The average molecular weight is 1620 g/mol. The monoisotopic (exact) mass is 1620 g/mol. The molecule has 44 nitrogen and oxygen atoms in total. The molecule has 4 rings (SSSR count). The van der Waals surface area contributed by atoms with Crippen molar-refractivity contribution in [1.29, 1.82) is 0 Å². The third-order valence-electron chi connectivity index (χ3n) is 18.3. The van der Waals surface area contributed by atoms with E-state index in [9.17, 15) is 126 Å². The standard InChI is InChI=1S/C65H103N16O28PS/c1-30(2)25-38(70-46(85)27-68-45(84)26-67-44(83)14-8-7-13-43-53-40(29-111-43)76-65(105)79-53)63(103)80-23-9-11-41(80)60(100)74-37(18-22-50(92)93)58(98)77-51(31(3)4)62(102)69-32(5)55(95)78-52(33(6)109-110(106,107)108)64(104)81-24-10-12-42(81)61(101)73-36(17-21-49(90)91)57(97)75-39(28-82)59(99)72-35(16-20-48(88)89)56(96)71-34(54(66)94)15-19-47(86)87/h30-43,51-53,82H,7-29H2,1-6H3,(H2,66,94)(H,67,83)(H,68,84)(H,69,102)(H,70,85)(H,71,96)(H,72,99)(H,73,101)(H,74,100)(H,75,97)(H,77,98)(H,78,95)(H,86,87)(H,88,89)(H,90,91)(H,92,93)(H2,76,79,105)(H2,106,107,108)/t32-,33+,34-,35-,36-,37-,38-,39-,40-,41-,42-,43-,51-,52-,53-/m0/s1. The van der Waals surface area contributed by atoms with Crippen molar-refractivity contribution in [1.82, 2.24) is 78.9 Å². The molecule has 4 aliphatic rings. The van der Waals surface area contributed by atoms with Gasteiger partial charge in [0.25, 0.3) is 0 Å². The van der Waals surface area contributed by atoms with Crippen LogP contribution in [0.5, 0.6) is 0 Å². The number of hydrogen-bond acceptors (Lipinski definition) is 23. The van der Waals surface area contributed by atoms with Gasteiger partial charge in [-0.3, -0.25) is 90.8 Å². The number of fused-ring (bicyclic) bond motifs is 1. The van der Waals surface area contributed by atoms with Gasteiger partial charge in [0.2, 0.25) is 82.7 Å². The Morgan fingerprint density at radius 2 is 0.991 bits per heavy atom. The third-order valence-corrected chi connectivity index (χ3v) is 20.4. The fourth-order valence-electron chi connectivity index (χ4n) is 12.5. The summed E-state index contributed by atoms with van der Waals surface area (Å²) in [6.07, 6.45) is -5.12. The van der Waals surface area contributed by atoms with Crippen LogP contribution in [0.15, 0.2) is 0 Å². The zero-order valence-corrected chi connectivity index (χ0v) is 63.8. The van der Waals surface area contributed by atoms with Crippen molar-refractivity contribution in [3.63, 3.8) is 0 Å². The molecule has 0 saturated carbocycles. The molecule has 15 atom stereocenters. The molecule has 0 aliphatic carbocycles. The van der Waals surface area contributed by atoms with Crippen LogP contribution < -0.4 is 74.9 Å². The van der Waals surface area contributed by atoms with Gasteiger partial charge in [-0.2, -0.15) is 11.8 Å². The van der Waals surface area contributed by atoms with Gasteiger partial charge in [-0.25, -0.2) is 9.36 Å². The molecule has 4 saturated heterocycles. The van der Waals surface area contributed by atoms with E-state index in [1.165, 1.54) is 18.7 Å². The minimum atomic E-state index is -5.53. The maximum Gasteiger partial charge on any atom is 0.469 e. The molecule has 4 aliphatic heterocycles. The molecule has 0 unspecified atom stereocenters. The number of aliphatic carboxylic acids is 4.